The van der Waals surface area contributed by atoms with Crippen LogP contribution in [0.15, 0.2) is 69.2 Å². The maximum Gasteiger partial charge on any atom is -0.00234 e. The predicted octanol–water partition coefficient (Wildman–Crippen LogP) is 9.54. The van der Waals surface area contributed by atoms with Gasteiger partial charge in [0, 0.05) is 0 Å². The summed E-state index contributed by atoms with van der Waals surface area (Å²) in [7, 11) is 0. The van der Waals surface area contributed by atoms with Crippen molar-refractivity contribution in [2.24, 2.45) is 0 Å². The second-order valence-electron chi connectivity index (χ2n) is 8.06. The van der Waals surface area contributed by atoms with Crippen LogP contribution in [0.4, 0.5) is 0 Å². The SMILES string of the molecule is C=C(C)C#CC(=C)C.CC#CC(C)=C(C)C.CC(C)=C(C)C.CC(C)=C=C=C(C)C. The number of hydrogen-bond donors (Lipinski definition) is 0. The predicted molar refractivity (Wildman–Crippen MR) is 141 cm³/mol. The van der Waals surface area contributed by atoms with Gasteiger partial charge in [-0.1, -0.05) is 59.1 Å². The minimum absolute atomic E-state index is 0.882. The Bertz CT molecular complexity index is 759. The van der Waals surface area contributed by atoms with Crippen molar-refractivity contribution in [1.82, 2.24) is 0 Å². The average Bonchev–Trinajstić information content (AvgIpc) is 2.60. The summed E-state index contributed by atoms with van der Waals surface area (Å²) in [5, 5.41) is 0. The minimum atomic E-state index is 0.882. The van der Waals surface area contributed by atoms with Crippen molar-refractivity contribution in [2.45, 2.75) is 96.9 Å². The van der Waals surface area contributed by atoms with Gasteiger partial charge in [-0.3, -0.25) is 0 Å². The summed E-state index contributed by atoms with van der Waals surface area (Å²) in [6.45, 7) is 35.5. The summed E-state index contributed by atoms with van der Waals surface area (Å²) in [4.78, 5) is 0. The molecule has 30 heavy (non-hydrogen) atoms. The molecule has 0 N–H and O–H groups in total. The van der Waals surface area contributed by atoms with Crippen LogP contribution in [0.2, 0.25) is 0 Å². The third kappa shape index (κ3) is 44.7. The molecule has 0 bridgehead atoms. The molecular weight excluding hydrogens is 360 g/mol. The van der Waals surface area contributed by atoms with Gasteiger partial charge in [0.25, 0.3) is 0 Å². The molecule has 0 saturated heterocycles. The number of rotatable bonds is 0. The zero-order chi connectivity index (χ0) is 24.9. The van der Waals surface area contributed by atoms with E-state index in [1.165, 1.54) is 33.4 Å². The molecule has 0 heterocycles. The Labute approximate surface area is 190 Å². The molecular formula is C30H46. The Balaban J connectivity index is -0.000000151. The fraction of sp³-hybridized carbons (Fsp3) is 0.467. The fourth-order valence-electron chi connectivity index (χ4n) is 0.776. The molecule has 0 fully saturated rings. The highest BCUT2D eigenvalue weighted by molar-refractivity contribution is 5.32. The monoisotopic (exact) mass is 406 g/mol. The highest BCUT2D eigenvalue weighted by atomic mass is 13.9. The van der Waals surface area contributed by atoms with Crippen molar-refractivity contribution < 1.29 is 0 Å². The Morgan fingerprint density at radius 3 is 0.867 bits per heavy atom. The Hall–Kier alpha value is -2.62. The quantitative estimate of drug-likeness (QED) is 0.213. The van der Waals surface area contributed by atoms with Crippen LogP contribution >= 0.6 is 0 Å². The van der Waals surface area contributed by atoms with Gasteiger partial charge in [-0.05, 0) is 125 Å². The van der Waals surface area contributed by atoms with Crippen molar-refractivity contribution in [3.8, 4) is 23.7 Å². The van der Waals surface area contributed by atoms with E-state index in [0.29, 0.717) is 0 Å². The molecule has 0 aliphatic carbocycles. The van der Waals surface area contributed by atoms with Crippen LogP contribution in [-0.2, 0) is 0 Å². The highest BCUT2D eigenvalue weighted by Crippen LogP contribution is 1.98. The lowest BCUT2D eigenvalue weighted by Crippen LogP contribution is -1.71. The maximum absolute atomic E-state index is 3.61. The van der Waals surface area contributed by atoms with Gasteiger partial charge in [0.1, 0.15) is 0 Å². The van der Waals surface area contributed by atoms with E-state index in [4.69, 9.17) is 0 Å². The molecule has 0 aliphatic rings. The lowest BCUT2D eigenvalue weighted by Gasteiger charge is -1.88. The Morgan fingerprint density at radius 2 is 0.767 bits per heavy atom. The van der Waals surface area contributed by atoms with E-state index in [1.807, 2.05) is 55.4 Å². The van der Waals surface area contributed by atoms with E-state index in [9.17, 15) is 0 Å². The zero-order valence-corrected chi connectivity index (χ0v) is 22.4. The van der Waals surface area contributed by atoms with Crippen LogP contribution in [0.25, 0.3) is 0 Å². The summed E-state index contributed by atoms with van der Waals surface area (Å²) >= 11 is 0. The van der Waals surface area contributed by atoms with Crippen LogP contribution in [0, 0.1) is 23.7 Å². The minimum Gasteiger partial charge on any atom is -0.102 e. The number of hydrogen-bond acceptors (Lipinski definition) is 0. The zero-order valence-electron chi connectivity index (χ0n) is 22.4. The summed E-state index contributed by atoms with van der Waals surface area (Å²) < 4.78 is 0. The Kier molecular flexibility index (Phi) is 26.3. The molecule has 0 radical (unpaired) electrons. The van der Waals surface area contributed by atoms with Gasteiger partial charge in [0.2, 0.25) is 0 Å². The second-order valence-corrected chi connectivity index (χ2v) is 8.06. The molecule has 0 aliphatic heterocycles. The summed E-state index contributed by atoms with van der Waals surface area (Å²) in [6.07, 6.45) is 0. The maximum atomic E-state index is 3.61. The fourth-order valence-corrected chi connectivity index (χ4v) is 0.776. The van der Waals surface area contributed by atoms with Crippen molar-refractivity contribution >= 4 is 0 Å². The largest absolute Gasteiger partial charge is 0.102 e. The van der Waals surface area contributed by atoms with Crippen molar-refractivity contribution in [3.63, 3.8) is 0 Å². The van der Waals surface area contributed by atoms with E-state index in [1.54, 1.807) is 0 Å². The Morgan fingerprint density at radius 1 is 0.467 bits per heavy atom. The van der Waals surface area contributed by atoms with Gasteiger partial charge < -0.3 is 0 Å². The number of allylic oxidation sites excluding steroid dienone is 8. The molecule has 0 aromatic heterocycles. The van der Waals surface area contributed by atoms with E-state index in [2.05, 4.69) is 89.8 Å². The average molecular weight is 407 g/mol. The third-order valence-corrected chi connectivity index (χ3v) is 3.11. The van der Waals surface area contributed by atoms with Crippen LogP contribution in [-0.4, -0.2) is 0 Å². The first-order valence-corrected chi connectivity index (χ1v) is 10.2. The van der Waals surface area contributed by atoms with Crippen LogP contribution in [0.3, 0.4) is 0 Å². The van der Waals surface area contributed by atoms with Crippen molar-refractivity contribution in [2.75, 3.05) is 0 Å². The lowest BCUT2D eigenvalue weighted by atomic mass is 10.2. The van der Waals surface area contributed by atoms with Crippen LogP contribution < -0.4 is 0 Å². The third-order valence-electron chi connectivity index (χ3n) is 3.11. The highest BCUT2D eigenvalue weighted by Gasteiger charge is 1.81. The summed E-state index contributed by atoms with van der Waals surface area (Å²) in [5.41, 5.74) is 15.4. The molecule has 0 amide bonds. The van der Waals surface area contributed by atoms with Gasteiger partial charge in [-0.15, -0.1) is 5.92 Å². The van der Waals surface area contributed by atoms with Gasteiger partial charge in [-0.25, -0.2) is 0 Å². The van der Waals surface area contributed by atoms with Gasteiger partial charge in [0.15, 0.2) is 0 Å². The molecule has 0 atom stereocenters. The first kappa shape index (κ1) is 34.9. The molecule has 0 heteroatoms. The first-order chi connectivity index (χ1) is 13.6. The van der Waals surface area contributed by atoms with Crippen molar-refractivity contribution in [3.05, 3.63) is 69.2 Å². The van der Waals surface area contributed by atoms with Crippen LogP contribution in [0.1, 0.15) is 96.9 Å². The first-order valence-electron chi connectivity index (χ1n) is 10.2. The molecule has 0 rings (SSSR count). The second kappa shape index (κ2) is 22.7. The van der Waals surface area contributed by atoms with E-state index < -0.39 is 0 Å². The van der Waals surface area contributed by atoms with Gasteiger partial charge in [-0.2, -0.15) is 0 Å². The summed E-state index contributed by atoms with van der Waals surface area (Å²) in [6, 6.07) is 0. The smallest absolute Gasteiger partial charge is 0.00234 e. The lowest BCUT2D eigenvalue weighted by molar-refractivity contribution is 1.23. The van der Waals surface area contributed by atoms with Crippen LogP contribution in [0.5, 0.6) is 0 Å². The molecule has 0 aromatic rings. The van der Waals surface area contributed by atoms with Crippen molar-refractivity contribution in [1.29, 1.82) is 0 Å². The van der Waals surface area contributed by atoms with E-state index >= 15 is 0 Å². The molecule has 166 valence electrons. The molecule has 0 unspecified atom stereocenters. The summed E-state index contributed by atoms with van der Waals surface area (Å²) in [5.74, 6) is 11.4. The normalized spacial score (nSPS) is 7.13. The van der Waals surface area contributed by atoms with Gasteiger partial charge in [0.05, 0.1) is 0 Å². The van der Waals surface area contributed by atoms with E-state index in [-0.39, 0.29) is 0 Å². The van der Waals surface area contributed by atoms with E-state index in [0.717, 1.165) is 11.1 Å². The molecule has 0 aromatic carbocycles. The molecule has 0 spiro atoms. The molecule has 0 nitrogen and oxygen atoms in total. The topological polar surface area (TPSA) is 0 Å². The molecule has 0 saturated carbocycles. The standard InChI is InChI=1S/C8H12.C8H10.C8H12.C6H12/c2*1-7(2)5-6-8(3)4;1-5-6-8(4)7(2)3;1-5(2)6(3)4/h1-4H3;1,3H2,2,4H3;1-4H3;1-4H3. The van der Waals surface area contributed by atoms with Gasteiger partial charge >= 0.3 is 0 Å².